The van der Waals surface area contributed by atoms with Crippen molar-refractivity contribution in [3.63, 3.8) is 0 Å². The number of hydrogen-bond acceptors (Lipinski definition) is 10. The summed E-state index contributed by atoms with van der Waals surface area (Å²) in [6.45, 7) is 3.30. The van der Waals surface area contributed by atoms with E-state index >= 15 is 0 Å². The van der Waals surface area contributed by atoms with Crippen LogP contribution in [0.5, 0.6) is 5.75 Å². The molecule has 2 aromatic heterocycles. The van der Waals surface area contributed by atoms with Crippen LogP contribution in [0.15, 0.2) is 42.7 Å². The fraction of sp³-hybridized carbons (Fsp3) is 0.606. The Morgan fingerprint density at radius 3 is 2.56 bits per heavy atom. The molecule has 0 unspecified atom stereocenters. The number of nitrogens with one attached hydrogen (secondary N) is 1. The van der Waals surface area contributed by atoms with E-state index in [0.717, 1.165) is 93.5 Å². The first-order valence-electron chi connectivity index (χ1n) is 16.4. The van der Waals surface area contributed by atoms with Crippen molar-refractivity contribution in [3.8, 4) is 11.6 Å². The van der Waals surface area contributed by atoms with Crippen molar-refractivity contribution in [1.82, 2.24) is 24.3 Å². The Morgan fingerprint density at radius 1 is 1.02 bits per heavy atom. The highest BCUT2D eigenvalue weighted by Crippen LogP contribution is 2.30. The van der Waals surface area contributed by atoms with E-state index in [1.54, 1.807) is 6.20 Å². The molecule has 12 heteroatoms. The van der Waals surface area contributed by atoms with Crippen LogP contribution >= 0.6 is 0 Å². The fourth-order valence-corrected chi connectivity index (χ4v) is 7.74. The van der Waals surface area contributed by atoms with Crippen molar-refractivity contribution in [2.75, 3.05) is 50.6 Å². The third kappa shape index (κ3) is 7.96. The quantitative estimate of drug-likeness (QED) is 0.243. The molecule has 0 amide bonds. The van der Waals surface area contributed by atoms with Crippen LogP contribution in [0, 0.1) is 0 Å². The van der Waals surface area contributed by atoms with Crippen molar-refractivity contribution in [3.05, 3.63) is 42.7 Å². The Kier molecular flexibility index (Phi) is 9.91. The number of nitrogens with zero attached hydrogens (tertiary/aromatic N) is 5. The van der Waals surface area contributed by atoms with Crippen LogP contribution in [0.25, 0.3) is 16.7 Å². The van der Waals surface area contributed by atoms with E-state index in [9.17, 15) is 13.2 Å². The van der Waals surface area contributed by atoms with Gasteiger partial charge in [0.25, 0.3) is 0 Å². The number of benzene rings is 1. The Hall–Kier alpha value is -3.22. The highest BCUT2D eigenvalue weighted by Gasteiger charge is 2.34. The van der Waals surface area contributed by atoms with Crippen LogP contribution in [0.2, 0.25) is 0 Å². The van der Waals surface area contributed by atoms with Crippen LogP contribution in [0.1, 0.15) is 57.8 Å². The highest BCUT2D eigenvalue weighted by atomic mass is 32.2. The fourth-order valence-electron chi connectivity index (χ4n) is 7.10. The molecule has 4 heterocycles. The lowest BCUT2D eigenvalue weighted by atomic mass is 9.89. The monoisotopic (exact) mass is 638 g/mol. The molecular weight excluding hydrogens is 592 g/mol. The number of sulfone groups is 1. The molecule has 1 aliphatic carbocycles. The molecule has 6 rings (SSSR count). The number of aromatic nitrogens is 3. The third-order valence-corrected chi connectivity index (χ3v) is 10.6. The molecule has 1 saturated carbocycles. The summed E-state index contributed by atoms with van der Waals surface area (Å²) >= 11 is 0. The molecule has 1 N–H and O–H groups in total. The summed E-state index contributed by atoms with van der Waals surface area (Å²) in [5, 5.41) is 4.53. The summed E-state index contributed by atoms with van der Waals surface area (Å²) in [5.41, 5.74) is 0.963. The summed E-state index contributed by atoms with van der Waals surface area (Å²) in [4.78, 5) is 26.7. The molecule has 45 heavy (non-hydrogen) atoms. The minimum absolute atomic E-state index is 0.0333. The van der Waals surface area contributed by atoms with Gasteiger partial charge in [0.05, 0.1) is 17.9 Å². The molecule has 1 atom stereocenters. The summed E-state index contributed by atoms with van der Waals surface area (Å²) in [6.07, 6.45) is 13.7. The molecular formula is C33H46N6O5S. The molecule has 11 nitrogen and oxygen atoms in total. The van der Waals surface area contributed by atoms with E-state index in [0.29, 0.717) is 31.1 Å². The van der Waals surface area contributed by atoms with E-state index in [4.69, 9.17) is 14.5 Å². The molecule has 3 aromatic rings. The van der Waals surface area contributed by atoms with E-state index in [1.165, 1.54) is 6.26 Å². The predicted octanol–water partition coefficient (Wildman–Crippen LogP) is 4.06. The van der Waals surface area contributed by atoms with Gasteiger partial charge in [0, 0.05) is 49.2 Å². The summed E-state index contributed by atoms with van der Waals surface area (Å²) in [5.74, 6) is 2.20. The van der Waals surface area contributed by atoms with Crippen LogP contribution in [0.4, 0.5) is 5.95 Å². The van der Waals surface area contributed by atoms with E-state index in [-0.39, 0.29) is 23.9 Å². The van der Waals surface area contributed by atoms with Crippen molar-refractivity contribution in [2.45, 2.75) is 82.0 Å². The lowest BCUT2D eigenvalue weighted by Gasteiger charge is -2.40. The normalized spacial score (nSPS) is 23.7. The third-order valence-electron chi connectivity index (χ3n) is 9.60. The molecule has 2 saturated heterocycles. The second kappa shape index (κ2) is 14.0. The number of piperidine rings is 1. The molecule has 0 spiro atoms. The van der Waals surface area contributed by atoms with Gasteiger partial charge in [0.2, 0.25) is 5.95 Å². The topological polar surface area (TPSA) is 119 Å². The first kappa shape index (κ1) is 31.7. The molecule has 0 bridgehead atoms. The van der Waals surface area contributed by atoms with E-state index in [1.807, 2.05) is 48.1 Å². The number of carbonyl (C=O) groups excluding carboxylic acids is 1. The number of rotatable bonds is 11. The Balaban J connectivity index is 0.986. The van der Waals surface area contributed by atoms with Crippen LogP contribution in [-0.2, 0) is 19.4 Å². The van der Waals surface area contributed by atoms with Crippen LogP contribution < -0.4 is 10.1 Å². The molecule has 1 aromatic carbocycles. The zero-order chi connectivity index (χ0) is 31.4. The van der Waals surface area contributed by atoms with Gasteiger partial charge in [-0.1, -0.05) is 6.07 Å². The largest absolute Gasteiger partial charge is 0.493 e. The Morgan fingerprint density at radius 2 is 1.82 bits per heavy atom. The van der Waals surface area contributed by atoms with Gasteiger partial charge in [-0.25, -0.2) is 13.4 Å². The molecule has 0 radical (unpaired) electrons. The zero-order valence-corrected chi connectivity index (χ0v) is 27.3. The number of anilines is 1. The number of ether oxygens (including phenoxy) is 2. The van der Waals surface area contributed by atoms with Crippen LogP contribution in [-0.4, -0.2) is 108 Å². The maximum absolute atomic E-state index is 12.6. The van der Waals surface area contributed by atoms with Gasteiger partial charge in [-0.2, -0.15) is 4.98 Å². The van der Waals surface area contributed by atoms with Gasteiger partial charge in [0.15, 0.2) is 0 Å². The Labute approximate surface area is 266 Å². The number of likely N-dealkylation sites (tertiary alicyclic amines) is 2. The van der Waals surface area contributed by atoms with E-state index < -0.39 is 9.84 Å². The van der Waals surface area contributed by atoms with Gasteiger partial charge in [0.1, 0.15) is 33.6 Å². The molecule has 2 aliphatic heterocycles. The predicted molar refractivity (Wildman–Crippen MR) is 175 cm³/mol. The number of carbonyl (C=O) groups is 1. The highest BCUT2D eigenvalue weighted by molar-refractivity contribution is 7.90. The number of esters is 1. The van der Waals surface area contributed by atoms with Crippen molar-refractivity contribution >= 4 is 32.7 Å². The number of likely N-dealkylation sites (N-methyl/N-ethyl adjacent to an activating group) is 1. The SMILES string of the molecule is CN1CCC[C@@H]1C(=O)OC1CCN(C2CCC(Nc3nccc(-n4ccc5c(OCCCS(C)(=O)=O)cccc54)n3)CC2)CC1. The maximum atomic E-state index is 12.6. The second-order valence-electron chi connectivity index (χ2n) is 12.9. The first-order chi connectivity index (χ1) is 21.7. The minimum Gasteiger partial charge on any atom is -0.493 e. The molecule has 3 fully saturated rings. The number of fused-ring (bicyclic) bond motifs is 1. The molecule has 244 valence electrons. The first-order valence-corrected chi connectivity index (χ1v) is 18.4. The lowest BCUT2D eigenvalue weighted by Crippen LogP contribution is -2.47. The second-order valence-corrected chi connectivity index (χ2v) is 15.2. The zero-order valence-electron chi connectivity index (χ0n) is 26.4. The van der Waals surface area contributed by atoms with Gasteiger partial charge >= 0.3 is 5.97 Å². The average Bonchev–Trinajstić information content (AvgIpc) is 3.67. The van der Waals surface area contributed by atoms with Crippen molar-refractivity contribution in [1.29, 1.82) is 0 Å². The van der Waals surface area contributed by atoms with E-state index in [2.05, 4.69) is 20.1 Å². The summed E-state index contributed by atoms with van der Waals surface area (Å²) in [6, 6.07) is 10.6. The lowest BCUT2D eigenvalue weighted by molar-refractivity contribution is -0.156. The van der Waals surface area contributed by atoms with Gasteiger partial charge in [-0.05, 0) is 95.6 Å². The maximum Gasteiger partial charge on any atom is 0.323 e. The Bertz CT molecular complexity index is 1560. The average molecular weight is 639 g/mol. The summed E-state index contributed by atoms with van der Waals surface area (Å²) < 4.78 is 36.7. The summed E-state index contributed by atoms with van der Waals surface area (Å²) in [7, 11) is -0.991. The van der Waals surface area contributed by atoms with Gasteiger partial charge in [-0.15, -0.1) is 0 Å². The van der Waals surface area contributed by atoms with Crippen LogP contribution in [0.3, 0.4) is 0 Å². The molecule has 3 aliphatic rings. The standard InChI is InChI=1S/C33H46N6O5S/c1-37-18-4-7-29(37)32(40)44-26-14-19-38(20-15-26)25-11-9-24(10-12-25)35-33-34-17-13-31(36-33)39-21-16-27-28(39)6-3-8-30(27)43-22-5-23-45(2,41)42/h3,6,8,13,16-17,21,24-26,29H,4-5,7,9-12,14-15,18-20,22-23H2,1-2H3,(H,34,35,36)/t24?,25?,29-/m1/s1. The van der Waals surface area contributed by atoms with Gasteiger partial charge in [-0.3, -0.25) is 9.69 Å². The van der Waals surface area contributed by atoms with Crippen molar-refractivity contribution in [2.24, 2.45) is 0 Å². The minimum atomic E-state index is -3.01. The smallest absolute Gasteiger partial charge is 0.323 e. The number of hydrogen-bond donors (Lipinski definition) is 1. The van der Waals surface area contributed by atoms with Gasteiger partial charge < -0.3 is 24.3 Å². The van der Waals surface area contributed by atoms with Crippen molar-refractivity contribution < 1.29 is 22.7 Å².